The third-order valence-electron chi connectivity index (χ3n) is 3.00. The van der Waals surface area contributed by atoms with E-state index >= 15 is 0 Å². The van der Waals surface area contributed by atoms with Gasteiger partial charge in [-0.2, -0.15) is 0 Å². The lowest BCUT2D eigenvalue weighted by molar-refractivity contribution is -0.123. The van der Waals surface area contributed by atoms with E-state index in [4.69, 9.17) is 15.2 Å². The molecule has 1 amide bonds. The molecule has 2 unspecified atom stereocenters. The van der Waals surface area contributed by atoms with Gasteiger partial charge in [0.2, 0.25) is 5.91 Å². The number of rotatable bonds is 7. The smallest absolute Gasteiger partial charge is 0.237 e. The molecule has 112 valence electrons. The molecule has 0 radical (unpaired) electrons. The van der Waals surface area contributed by atoms with Gasteiger partial charge in [0.05, 0.1) is 19.2 Å². The molecule has 0 aliphatic carbocycles. The minimum absolute atomic E-state index is 0.170. The van der Waals surface area contributed by atoms with Crippen LogP contribution in [0.2, 0.25) is 0 Å². The summed E-state index contributed by atoms with van der Waals surface area (Å²) in [6.45, 7) is 2.18. The summed E-state index contributed by atoms with van der Waals surface area (Å²) in [4.78, 5) is 11.8. The second-order valence-electron chi connectivity index (χ2n) is 4.51. The van der Waals surface area contributed by atoms with E-state index < -0.39 is 11.9 Å². The molecule has 0 bridgehead atoms. The third-order valence-corrected chi connectivity index (χ3v) is 3.00. The van der Waals surface area contributed by atoms with Crippen LogP contribution in [0.5, 0.6) is 5.75 Å². The standard InChI is InChI=1S/C14H21FN2O3/c1-9(17-14(18)12(16)6-7-19-2)10-4-5-13(20-3)11(15)8-10/h4-5,8-9,12H,6-7,16H2,1-3H3,(H,17,18). The minimum Gasteiger partial charge on any atom is -0.494 e. The largest absolute Gasteiger partial charge is 0.494 e. The van der Waals surface area contributed by atoms with E-state index in [9.17, 15) is 9.18 Å². The second kappa shape index (κ2) is 7.81. The summed E-state index contributed by atoms with van der Waals surface area (Å²) in [5.41, 5.74) is 6.37. The Morgan fingerprint density at radius 2 is 2.15 bits per heavy atom. The van der Waals surface area contributed by atoms with Crippen LogP contribution < -0.4 is 15.8 Å². The summed E-state index contributed by atoms with van der Waals surface area (Å²) < 4.78 is 23.3. The molecule has 0 saturated carbocycles. The topological polar surface area (TPSA) is 73.6 Å². The van der Waals surface area contributed by atoms with Crippen molar-refractivity contribution in [2.24, 2.45) is 5.73 Å². The van der Waals surface area contributed by atoms with Crippen LogP contribution in [0.4, 0.5) is 4.39 Å². The van der Waals surface area contributed by atoms with E-state index in [-0.39, 0.29) is 17.7 Å². The molecule has 0 aromatic heterocycles. The lowest BCUT2D eigenvalue weighted by atomic mass is 10.1. The van der Waals surface area contributed by atoms with Gasteiger partial charge in [0.15, 0.2) is 11.6 Å². The van der Waals surface area contributed by atoms with Crippen molar-refractivity contribution in [3.05, 3.63) is 29.6 Å². The Hall–Kier alpha value is -1.66. The molecule has 1 aromatic rings. The van der Waals surface area contributed by atoms with E-state index in [2.05, 4.69) is 5.32 Å². The van der Waals surface area contributed by atoms with Crippen molar-refractivity contribution < 1.29 is 18.7 Å². The first-order valence-electron chi connectivity index (χ1n) is 6.38. The van der Waals surface area contributed by atoms with Gasteiger partial charge in [0.25, 0.3) is 0 Å². The number of carbonyl (C=O) groups excluding carboxylic acids is 1. The van der Waals surface area contributed by atoms with Crippen LogP contribution in [0.25, 0.3) is 0 Å². The fraction of sp³-hybridized carbons (Fsp3) is 0.500. The number of ether oxygens (including phenoxy) is 2. The lowest BCUT2D eigenvalue weighted by Crippen LogP contribution is -2.42. The Morgan fingerprint density at radius 1 is 1.45 bits per heavy atom. The van der Waals surface area contributed by atoms with Gasteiger partial charge < -0.3 is 20.5 Å². The van der Waals surface area contributed by atoms with Crippen molar-refractivity contribution in [3.8, 4) is 5.75 Å². The van der Waals surface area contributed by atoms with Gasteiger partial charge in [-0.3, -0.25) is 4.79 Å². The molecule has 0 saturated heterocycles. The van der Waals surface area contributed by atoms with Crippen LogP contribution in [0.1, 0.15) is 24.9 Å². The Labute approximate surface area is 118 Å². The zero-order chi connectivity index (χ0) is 15.1. The number of nitrogens with one attached hydrogen (secondary N) is 1. The highest BCUT2D eigenvalue weighted by molar-refractivity contribution is 5.81. The Morgan fingerprint density at radius 3 is 2.70 bits per heavy atom. The molecule has 20 heavy (non-hydrogen) atoms. The van der Waals surface area contributed by atoms with Gasteiger partial charge in [-0.1, -0.05) is 6.07 Å². The van der Waals surface area contributed by atoms with Crippen molar-refractivity contribution >= 4 is 5.91 Å². The van der Waals surface area contributed by atoms with Gasteiger partial charge in [-0.15, -0.1) is 0 Å². The maximum atomic E-state index is 13.6. The van der Waals surface area contributed by atoms with Gasteiger partial charge in [-0.25, -0.2) is 4.39 Å². The number of carbonyl (C=O) groups is 1. The molecule has 0 aliphatic rings. The van der Waals surface area contributed by atoms with Gasteiger partial charge in [0, 0.05) is 13.7 Å². The van der Waals surface area contributed by atoms with Crippen LogP contribution in [-0.4, -0.2) is 32.8 Å². The Bertz CT molecular complexity index is 454. The number of hydrogen-bond donors (Lipinski definition) is 2. The average molecular weight is 284 g/mol. The van der Waals surface area contributed by atoms with Gasteiger partial charge in [-0.05, 0) is 31.0 Å². The van der Waals surface area contributed by atoms with Crippen LogP contribution in [0.3, 0.4) is 0 Å². The third kappa shape index (κ3) is 4.47. The first kappa shape index (κ1) is 16.4. The van der Waals surface area contributed by atoms with Crippen molar-refractivity contribution in [2.75, 3.05) is 20.8 Å². The summed E-state index contributed by atoms with van der Waals surface area (Å²) in [7, 11) is 2.95. The van der Waals surface area contributed by atoms with Crippen LogP contribution >= 0.6 is 0 Å². The normalized spacial score (nSPS) is 13.7. The van der Waals surface area contributed by atoms with Crippen molar-refractivity contribution in [1.29, 1.82) is 0 Å². The quantitative estimate of drug-likeness (QED) is 0.793. The van der Waals surface area contributed by atoms with Crippen LogP contribution in [-0.2, 0) is 9.53 Å². The highest BCUT2D eigenvalue weighted by Crippen LogP contribution is 2.21. The number of benzene rings is 1. The maximum Gasteiger partial charge on any atom is 0.237 e. The number of methoxy groups -OCH3 is 2. The summed E-state index contributed by atoms with van der Waals surface area (Å²) in [5.74, 6) is -0.579. The van der Waals surface area contributed by atoms with E-state index in [0.717, 1.165) is 0 Å². The van der Waals surface area contributed by atoms with Crippen molar-refractivity contribution in [1.82, 2.24) is 5.32 Å². The van der Waals surface area contributed by atoms with Crippen molar-refractivity contribution in [2.45, 2.75) is 25.4 Å². The zero-order valence-electron chi connectivity index (χ0n) is 12.0. The fourth-order valence-electron chi connectivity index (χ4n) is 1.73. The predicted octanol–water partition coefficient (Wildman–Crippen LogP) is 1.38. The molecule has 0 fully saturated rings. The molecule has 5 nitrogen and oxygen atoms in total. The van der Waals surface area contributed by atoms with Crippen molar-refractivity contribution in [3.63, 3.8) is 0 Å². The van der Waals surface area contributed by atoms with Gasteiger partial charge in [0.1, 0.15) is 0 Å². The molecule has 1 rings (SSSR count). The molecule has 0 aliphatic heterocycles. The molecule has 3 N–H and O–H groups in total. The van der Waals surface area contributed by atoms with Gasteiger partial charge >= 0.3 is 0 Å². The van der Waals surface area contributed by atoms with E-state index in [0.29, 0.717) is 18.6 Å². The van der Waals surface area contributed by atoms with E-state index in [1.54, 1.807) is 20.1 Å². The fourth-order valence-corrected chi connectivity index (χ4v) is 1.73. The predicted molar refractivity (Wildman–Crippen MR) is 74.0 cm³/mol. The molecule has 0 spiro atoms. The van der Waals surface area contributed by atoms with E-state index in [1.807, 2.05) is 0 Å². The highest BCUT2D eigenvalue weighted by Gasteiger charge is 2.17. The number of halogens is 1. The number of hydrogen-bond acceptors (Lipinski definition) is 4. The summed E-state index contributed by atoms with van der Waals surface area (Å²) in [6, 6.07) is 3.59. The first-order chi connectivity index (χ1) is 9.49. The number of nitrogens with two attached hydrogens (primary N) is 1. The molecular weight excluding hydrogens is 263 g/mol. The maximum absolute atomic E-state index is 13.6. The molecule has 0 heterocycles. The van der Waals surface area contributed by atoms with Crippen LogP contribution in [0, 0.1) is 5.82 Å². The van der Waals surface area contributed by atoms with E-state index in [1.165, 1.54) is 19.2 Å². The summed E-state index contributed by atoms with van der Waals surface area (Å²) >= 11 is 0. The average Bonchev–Trinajstić information content (AvgIpc) is 2.44. The lowest BCUT2D eigenvalue weighted by Gasteiger charge is -2.18. The minimum atomic E-state index is -0.638. The SMILES string of the molecule is COCCC(N)C(=O)NC(C)c1ccc(OC)c(F)c1. The second-order valence-corrected chi connectivity index (χ2v) is 4.51. The first-order valence-corrected chi connectivity index (χ1v) is 6.38. The number of amides is 1. The Balaban J connectivity index is 2.64. The molecule has 1 aromatic carbocycles. The molecule has 6 heteroatoms. The highest BCUT2D eigenvalue weighted by atomic mass is 19.1. The molecule has 2 atom stereocenters. The molecular formula is C14H21FN2O3. The zero-order valence-corrected chi connectivity index (χ0v) is 12.0. The monoisotopic (exact) mass is 284 g/mol. The van der Waals surface area contributed by atoms with Crippen LogP contribution in [0.15, 0.2) is 18.2 Å². The summed E-state index contributed by atoms with van der Waals surface area (Å²) in [6.07, 6.45) is 0.437. The summed E-state index contributed by atoms with van der Waals surface area (Å²) in [5, 5.41) is 2.74. The Kier molecular flexibility index (Phi) is 6.41.